The van der Waals surface area contributed by atoms with E-state index in [1.54, 1.807) is 17.2 Å². The number of nitro groups is 1. The number of nitrogens with one attached hydrogen (secondary N) is 1. The normalized spacial score (nSPS) is 15.0. The monoisotopic (exact) mass is 691 g/mol. The smallest absolute Gasteiger partial charge is 0.383 e. The molecule has 0 aliphatic carbocycles. The Morgan fingerprint density at radius 3 is 2.30 bits per heavy atom. The van der Waals surface area contributed by atoms with Gasteiger partial charge in [-0.1, -0.05) is 40.9 Å². The van der Waals surface area contributed by atoms with Crippen LogP contribution < -0.4 is 11.1 Å². The molecule has 3 N–H and O–H groups in total. The summed E-state index contributed by atoms with van der Waals surface area (Å²) >= 11 is 17.2. The molecule has 1 aromatic carbocycles. The molecule has 0 spiro atoms. The number of nitrogen functional groups attached to an aromatic ring is 1. The molecule has 3 heterocycles. The first-order valence-electron chi connectivity index (χ1n) is 11.1. The third-order valence-corrected chi connectivity index (χ3v) is 7.23. The fourth-order valence-electron chi connectivity index (χ4n) is 3.46. The van der Waals surface area contributed by atoms with Gasteiger partial charge in [-0.2, -0.15) is 36.7 Å². The SMILES string of the molecule is N#Cc1nn(-c2c(Cl)cc(C(F)(F)F)cc2Cl)c(N)c1S(=O)C(F)(F)F.O=[N+]([O-])/N=C1\NCCN1Cc1ccc(Cl)nc1. The van der Waals surface area contributed by atoms with Gasteiger partial charge < -0.3 is 16.0 Å². The second kappa shape index (κ2) is 13.2. The van der Waals surface area contributed by atoms with Crippen LogP contribution in [-0.4, -0.2) is 53.5 Å². The van der Waals surface area contributed by atoms with Crippen LogP contribution in [0.2, 0.25) is 15.2 Å². The summed E-state index contributed by atoms with van der Waals surface area (Å²) in [6, 6.07) is 5.71. The topological polar surface area (TPSA) is 168 Å². The van der Waals surface area contributed by atoms with Gasteiger partial charge in [-0.05, 0) is 23.8 Å². The molecule has 1 fully saturated rings. The lowest BCUT2D eigenvalue weighted by Crippen LogP contribution is -2.30. The summed E-state index contributed by atoms with van der Waals surface area (Å²) in [4.78, 5) is 14.9. The molecule has 230 valence electrons. The highest BCUT2D eigenvalue weighted by Crippen LogP contribution is 2.40. The van der Waals surface area contributed by atoms with Gasteiger partial charge >= 0.3 is 11.7 Å². The van der Waals surface area contributed by atoms with Gasteiger partial charge in [-0.25, -0.2) is 24.0 Å². The first-order valence-corrected chi connectivity index (χ1v) is 13.4. The fourth-order valence-corrected chi connectivity index (χ4v) is 4.99. The first kappa shape index (κ1) is 33.6. The molecular weight excluding hydrogens is 679 g/mol. The molecule has 1 unspecified atom stereocenters. The Hall–Kier alpha value is -3.86. The third-order valence-electron chi connectivity index (χ3n) is 5.24. The number of pyridine rings is 1. The average molecular weight is 693 g/mol. The molecule has 12 nitrogen and oxygen atoms in total. The molecule has 3 aromatic rings. The number of aromatic nitrogens is 3. The molecule has 0 radical (unpaired) electrons. The minimum atomic E-state index is -5.25. The maximum atomic E-state index is 12.7. The van der Waals surface area contributed by atoms with Crippen molar-refractivity contribution in [2.45, 2.75) is 23.1 Å². The van der Waals surface area contributed by atoms with Crippen molar-refractivity contribution in [1.82, 2.24) is 25.0 Å². The summed E-state index contributed by atoms with van der Waals surface area (Å²) in [5.74, 6) is -0.620. The van der Waals surface area contributed by atoms with Crippen molar-refractivity contribution in [2.75, 3.05) is 18.8 Å². The van der Waals surface area contributed by atoms with Gasteiger partial charge in [0.2, 0.25) is 0 Å². The van der Waals surface area contributed by atoms with Crippen molar-refractivity contribution in [1.29, 1.82) is 5.26 Å². The Morgan fingerprint density at radius 2 is 1.81 bits per heavy atom. The Balaban J connectivity index is 0.000000257. The van der Waals surface area contributed by atoms with Crippen molar-refractivity contribution >= 4 is 57.4 Å². The zero-order chi connectivity index (χ0) is 32.3. The van der Waals surface area contributed by atoms with Crippen LogP contribution in [0.3, 0.4) is 0 Å². The van der Waals surface area contributed by atoms with Crippen LogP contribution in [0, 0.1) is 21.4 Å². The summed E-state index contributed by atoms with van der Waals surface area (Å²) in [7, 11) is -3.71. The molecular formula is C21H14Cl3F6N9O3S. The van der Waals surface area contributed by atoms with Crippen LogP contribution in [0.4, 0.5) is 32.2 Å². The van der Waals surface area contributed by atoms with E-state index in [9.17, 15) is 40.7 Å². The molecule has 4 rings (SSSR count). The van der Waals surface area contributed by atoms with Crippen molar-refractivity contribution in [3.05, 3.63) is 72.6 Å². The van der Waals surface area contributed by atoms with E-state index in [0.29, 0.717) is 41.6 Å². The quantitative estimate of drug-likeness (QED) is 0.162. The lowest BCUT2D eigenvalue weighted by Gasteiger charge is -2.14. The first-order chi connectivity index (χ1) is 19.9. The van der Waals surface area contributed by atoms with Crippen LogP contribution in [-0.2, 0) is 23.5 Å². The maximum Gasteiger partial charge on any atom is 0.476 e. The number of alkyl halides is 6. The number of benzene rings is 1. The number of hydrogen-bond donors (Lipinski definition) is 2. The zero-order valence-electron chi connectivity index (χ0n) is 20.8. The molecule has 2 aromatic heterocycles. The lowest BCUT2D eigenvalue weighted by molar-refractivity contribution is -0.485. The summed E-state index contributed by atoms with van der Waals surface area (Å²) in [5.41, 5.74) is -1.50. The lowest BCUT2D eigenvalue weighted by atomic mass is 10.2. The molecule has 0 bridgehead atoms. The number of nitrogens with zero attached hydrogens (tertiary/aromatic N) is 7. The number of hydrogen-bond acceptors (Lipinski definition) is 7. The number of halogens is 9. The highest BCUT2D eigenvalue weighted by Gasteiger charge is 2.43. The van der Waals surface area contributed by atoms with Crippen molar-refractivity contribution < 1.29 is 35.6 Å². The van der Waals surface area contributed by atoms with Crippen molar-refractivity contribution in [3.8, 4) is 11.8 Å². The Labute approximate surface area is 254 Å². The number of anilines is 1. The van der Waals surface area contributed by atoms with Gasteiger partial charge in [0, 0.05) is 25.8 Å². The number of guanidine groups is 1. The highest BCUT2D eigenvalue weighted by atomic mass is 35.5. The van der Waals surface area contributed by atoms with E-state index in [-0.39, 0.29) is 5.96 Å². The largest absolute Gasteiger partial charge is 0.476 e. The Bertz CT molecular complexity index is 1600. The van der Waals surface area contributed by atoms with Gasteiger partial charge in [0.15, 0.2) is 21.5 Å². The predicted molar refractivity (Wildman–Crippen MR) is 142 cm³/mol. The maximum absolute atomic E-state index is 12.7. The second-order valence-corrected chi connectivity index (χ2v) is 10.7. The molecule has 1 atom stereocenters. The van der Waals surface area contributed by atoms with E-state index in [4.69, 9.17) is 45.8 Å². The van der Waals surface area contributed by atoms with Crippen LogP contribution in [0.5, 0.6) is 0 Å². The van der Waals surface area contributed by atoms with E-state index in [2.05, 4.69) is 20.5 Å². The van der Waals surface area contributed by atoms with E-state index in [0.717, 1.165) is 5.56 Å². The molecule has 1 saturated heterocycles. The van der Waals surface area contributed by atoms with Gasteiger partial charge in [-0.15, -0.1) is 0 Å². The minimum Gasteiger partial charge on any atom is -0.383 e. The molecule has 0 amide bonds. The van der Waals surface area contributed by atoms with E-state index >= 15 is 0 Å². The standard InChI is InChI=1S/C12H4Cl2F6N4OS.C9H10ClN5O2/c13-5-1-4(11(15,16)17)2-6(14)8(5)24-10(22)9(7(3-21)23-24)26(25)12(18,19)20;10-8-2-1-7(5-12-8)6-14-4-3-11-9(14)13-15(16)17/h1-2H,22H2;1-2,5H,3-4,6H2,(H,11,13). The van der Waals surface area contributed by atoms with Crippen LogP contribution in [0.25, 0.3) is 5.69 Å². The Kier molecular flexibility index (Phi) is 10.3. The van der Waals surface area contributed by atoms with Gasteiger partial charge in [0.05, 0.1) is 15.6 Å². The summed E-state index contributed by atoms with van der Waals surface area (Å²) in [6.07, 6.45) is -3.15. The van der Waals surface area contributed by atoms with E-state index in [1.807, 2.05) is 6.07 Å². The fraction of sp³-hybridized carbons (Fsp3) is 0.238. The summed E-state index contributed by atoms with van der Waals surface area (Å²) in [5, 5.41) is 27.2. The molecule has 1 aliphatic heterocycles. The molecule has 1 aliphatic rings. The predicted octanol–water partition coefficient (Wildman–Crippen LogP) is 4.97. The summed E-state index contributed by atoms with van der Waals surface area (Å²) in [6.45, 7) is 1.84. The number of hydrazone groups is 1. The zero-order valence-corrected chi connectivity index (χ0v) is 23.8. The second-order valence-electron chi connectivity index (χ2n) is 8.09. The molecule has 0 saturated carbocycles. The van der Waals surface area contributed by atoms with Gasteiger partial charge in [0.1, 0.15) is 32.7 Å². The molecule has 22 heteroatoms. The third kappa shape index (κ3) is 8.16. The number of nitriles is 1. The van der Waals surface area contributed by atoms with Gasteiger partial charge in [-0.3, -0.25) is 0 Å². The minimum absolute atomic E-state index is 0.282. The van der Waals surface area contributed by atoms with E-state index in [1.165, 1.54) is 6.07 Å². The van der Waals surface area contributed by atoms with Crippen molar-refractivity contribution in [3.63, 3.8) is 0 Å². The Morgan fingerprint density at radius 1 is 1.19 bits per heavy atom. The van der Waals surface area contributed by atoms with Crippen LogP contribution >= 0.6 is 34.8 Å². The number of nitrogens with two attached hydrogens (primary N) is 1. The van der Waals surface area contributed by atoms with E-state index < -0.39 is 65.2 Å². The number of rotatable bonds is 5. The van der Waals surface area contributed by atoms with Crippen LogP contribution in [0.1, 0.15) is 16.8 Å². The van der Waals surface area contributed by atoms with Crippen LogP contribution in [0.15, 0.2) is 40.5 Å². The highest BCUT2D eigenvalue weighted by molar-refractivity contribution is 7.86. The van der Waals surface area contributed by atoms with Gasteiger partial charge in [0.25, 0.3) is 5.96 Å². The summed E-state index contributed by atoms with van der Waals surface area (Å²) < 4.78 is 88.4. The average Bonchev–Trinajstić information content (AvgIpc) is 3.46. The molecule has 43 heavy (non-hydrogen) atoms. The van der Waals surface area contributed by atoms with Crippen molar-refractivity contribution in [2.24, 2.45) is 5.10 Å².